The molecule has 0 saturated heterocycles. The zero-order valence-corrected chi connectivity index (χ0v) is 9.60. The van der Waals surface area contributed by atoms with E-state index in [1.165, 1.54) is 10.4 Å². The van der Waals surface area contributed by atoms with Crippen molar-refractivity contribution in [2.75, 3.05) is 0 Å². The molecule has 1 heterocycles. The van der Waals surface area contributed by atoms with Crippen LogP contribution in [0.5, 0.6) is 0 Å². The van der Waals surface area contributed by atoms with Gasteiger partial charge < -0.3 is 0 Å². The van der Waals surface area contributed by atoms with E-state index < -0.39 is 0 Å². The van der Waals surface area contributed by atoms with Crippen molar-refractivity contribution in [2.45, 2.75) is 13.8 Å². The third-order valence-corrected chi connectivity index (χ3v) is 3.24. The van der Waals surface area contributed by atoms with Crippen molar-refractivity contribution in [3.63, 3.8) is 0 Å². The molecule has 0 atom stereocenters. The molecule has 2 heteroatoms. The molecule has 2 rings (SSSR count). The van der Waals surface area contributed by atoms with Crippen LogP contribution in [-0.2, 0) is 0 Å². The van der Waals surface area contributed by atoms with E-state index in [0.717, 1.165) is 23.0 Å². The lowest BCUT2D eigenvalue weighted by Crippen LogP contribution is -1.87. The van der Waals surface area contributed by atoms with Gasteiger partial charge in [-0.1, -0.05) is 23.8 Å². The molecular weight excluding hydrogens is 204 g/mol. The number of thiophene rings is 1. The largest absolute Gasteiger partial charge is 0.298 e. The first kappa shape index (κ1) is 10.1. The van der Waals surface area contributed by atoms with Gasteiger partial charge in [0.15, 0.2) is 6.29 Å². The second-order valence-corrected chi connectivity index (χ2v) is 4.77. The molecular formula is C13H12OS. The summed E-state index contributed by atoms with van der Waals surface area (Å²) in [5.74, 6) is 0. The lowest BCUT2D eigenvalue weighted by Gasteiger charge is -2.03. The predicted octanol–water partition coefficient (Wildman–Crippen LogP) is 3.84. The molecule has 0 N–H and O–H groups in total. The van der Waals surface area contributed by atoms with Gasteiger partial charge in [-0.25, -0.2) is 0 Å². The first-order chi connectivity index (χ1) is 7.20. The summed E-state index contributed by atoms with van der Waals surface area (Å²) in [5.41, 5.74) is 4.12. The van der Waals surface area contributed by atoms with E-state index in [2.05, 4.69) is 24.4 Å². The second kappa shape index (κ2) is 3.99. The molecule has 0 unspecified atom stereocenters. The summed E-state index contributed by atoms with van der Waals surface area (Å²) in [5, 5.41) is 2.09. The third kappa shape index (κ3) is 2.00. The summed E-state index contributed by atoms with van der Waals surface area (Å²) in [4.78, 5) is 12.2. The Balaban J connectivity index is 2.59. The first-order valence-electron chi connectivity index (χ1n) is 4.82. The Kier molecular flexibility index (Phi) is 2.69. The van der Waals surface area contributed by atoms with Gasteiger partial charge in [-0.15, -0.1) is 11.3 Å². The van der Waals surface area contributed by atoms with Crippen LogP contribution < -0.4 is 0 Å². The topological polar surface area (TPSA) is 17.1 Å². The van der Waals surface area contributed by atoms with E-state index in [4.69, 9.17) is 0 Å². The van der Waals surface area contributed by atoms with Crippen LogP contribution in [0.2, 0.25) is 0 Å². The molecule has 0 amide bonds. The van der Waals surface area contributed by atoms with E-state index in [1.54, 1.807) is 11.3 Å². The quantitative estimate of drug-likeness (QED) is 0.697. The minimum atomic E-state index is 0.762. The van der Waals surface area contributed by atoms with Gasteiger partial charge >= 0.3 is 0 Å². The molecule has 1 nitrogen and oxygen atoms in total. The Morgan fingerprint density at radius 2 is 2.00 bits per heavy atom. The van der Waals surface area contributed by atoms with Gasteiger partial charge in [-0.3, -0.25) is 4.79 Å². The van der Waals surface area contributed by atoms with E-state index in [9.17, 15) is 4.79 Å². The van der Waals surface area contributed by atoms with Crippen LogP contribution in [0.4, 0.5) is 0 Å². The Morgan fingerprint density at radius 3 is 2.60 bits per heavy atom. The van der Waals surface area contributed by atoms with Crippen molar-refractivity contribution in [3.8, 4) is 11.1 Å². The standard InChI is InChI=1S/C13H12OS/c1-9-3-4-11(7-14)13(5-9)12-6-10(2)15-8-12/h3-8H,1-2H3. The monoisotopic (exact) mass is 216 g/mol. The van der Waals surface area contributed by atoms with Crippen molar-refractivity contribution in [1.82, 2.24) is 0 Å². The lowest BCUT2D eigenvalue weighted by atomic mass is 10.0. The number of rotatable bonds is 2. The fraction of sp³-hybridized carbons (Fsp3) is 0.154. The Bertz CT molecular complexity index is 497. The summed E-state index contributed by atoms with van der Waals surface area (Å²) in [7, 11) is 0. The lowest BCUT2D eigenvalue weighted by molar-refractivity contribution is 0.112. The van der Waals surface area contributed by atoms with Gasteiger partial charge in [0.25, 0.3) is 0 Å². The molecule has 0 bridgehead atoms. The maximum Gasteiger partial charge on any atom is 0.150 e. The summed E-state index contributed by atoms with van der Waals surface area (Å²) in [6, 6.07) is 8.02. The maximum atomic E-state index is 10.9. The number of hydrogen-bond donors (Lipinski definition) is 0. The van der Waals surface area contributed by atoms with Crippen LogP contribution in [0.3, 0.4) is 0 Å². The van der Waals surface area contributed by atoms with Crippen LogP contribution in [0, 0.1) is 13.8 Å². The second-order valence-electron chi connectivity index (χ2n) is 3.65. The molecule has 0 spiro atoms. The van der Waals surface area contributed by atoms with Crippen molar-refractivity contribution in [3.05, 3.63) is 45.6 Å². The predicted molar refractivity (Wildman–Crippen MR) is 64.6 cm³/mol. The number of carbonyl (C=O) groups excluding carboxylic acids is 1. The fourth-order valence-electron chi connectivity index (χ4n) is 1.61. The minimum Gasteiger partial charge on any atom is -0.298 e. The molecule has 0 fully saturated rings. The average molecular weight is 216 g/mol. The van der Waals surface area contributed by atoms with Gasteiger partial charge in [0, 0.05) is 10.4 Å². The van der Waals surface area contributed by atoms with Gasteiger partial charge in [-0.2, -0.15) is 0 Å². The third-order valence-electron chi connectivity index (χ3n) is 2.38. The molecule has 0 aliphatic carbocycles. The Labute approximate surface area is 93.4 Å². The van der Waals surface area contributed by atoms with Crippen LogP contribution >= 0.6 is 11.3 Å². The van der Waals surface area contributed by atoms with Crippen molar-refractivity contribution >= 4 is 17.6 Å². The number of benzene rings is 1. The molecule has 0 aliphatic rings. The summed E-state index contributed by atoms with van der Waals surface area (Å²) in [6.45, 7) is 4.11. The van der Waals surface area contributed by atoms with Crippen LogP contribution in [0.25, 0.3) is 11.1 Å². The number of carbonyl (C=O) groups is 1. The zero-order chi connectivity index (χ0) is 10.8. The van der Waals surface area contributed by atoms with E-state index in [0.29, 0.717) is 0 Å². The van der Waals surface area contributed by atoms with E-state index in [-0.39, 0.29) is 0 Å². The highest BCUT2D eigenvalue weighted by atomic mass is 32.1. The summed E-state index contributed by atoms with van der Waals surface area (Å²) < 4.78 is 0. The van der Waals surface area contributed by atoms with Crippen molar-refractivity contribution in [1.29, 1.82) is 0 Å². The van der Waals surface area contributed by atoms with Gasteiger partial charge in [-0.05, 0) is 36.4 Å². The van der Waals surface area contributed by atoms with Crippen molar-refractivity contribution in [2.24, 2.45) is 0 Å². The average Bonchev–Trinajstić information content (AvgIpc) is 2.65. The molecule has 15 heavy (non-hydrogen) atoms. The van der Waals surface area contributed by atoms with Crippen LogP contribution in [-0.4, -0.2) is 6.29 Å². The highest BCUT2D eigenvalue weighted by Crippen LogP contribution is 2.28. The van der Waals surface area contributed by atoms with Gasteiger partial charge in [0.2, 0.25) is 0 Å². The van der Waals surface area contributed by atoms with Gasteiger partial charge in [0.1, 0.15) is 0 Å². The highest BCUT2D eigenvalue weighted by Gasteiger charge is 2.06. The Hall–Kier alpha value is -1.41. The molecule has 1 aromatic heterocycles. The molecule has 76 valence electrons. The molecule has 1 aromatic carbocycles. The normalized spacial score (nSPS) is 10.3. The highest BCUT2D eigenvalue weighted by molar-refractivity contribution is 7.10. The summed E-state index contributed by atoms with van der Waals surface area (Å²) in [6.07, 6.45) is 0.918. The zero-order valence-electron chi connectivity index (χ0n) is 8.78. The molecule has 0 saturated carbocycles. The number of aldehydes is 1. The van der Waals surface area contributed by atoms with E-state index >= 15 is 0 Å². The minimum absolute atomic E-state index is 0.762. The summed E-state index contributed by atoms with van der Waals surface area (Å²) >= 11 is 1.71. The first-order valence-corrected chi connectivity index (χ1v) is 5.70. The number of aryl methyl sites for hydroxylation is 2. The van der Waals surface area contributed by atoms with Gasteiger partial charge in [0.05, 0.1) is 0 Å². The Morgan fingerprint density at radius 1 is 1.20 bits per heavy atom. The SMILES string of the molecule is Cc1ccc(C=O)c(-c2csc(C)c2)c1. The van der Waals surface area contributed by atoms with Crippen LogP contribution in [0.1, 0.15) is 20.8 Å². The van der Waals surface area contributed by atoms with E-state index in [1.807, 2.05) is 19.1 Å². The molecule has 2 aromatic rings. The fourth-order valence-corrected chi connectivity index (χ4v) is 2.31. The van der Waals surface area contributed by atoms with Crippen molar-refractivity contribution < 1.29 is 4.79 Å². The smallest absolute Gasteiger partial charge is 0.150 e. The van der Waals surface area contributed by atoms with Crippen LogP contribution in [0.15, 0.2) is 29.6 Å². The number of hydrogen-bond acceptors (Lipinski definition) is 2. The molecule has 0 radical (unpaired) electrons. The molecule has 0 aliphatic heterocycles. The maximum absolute atomic E-state index is 10.9.